The highest BCUT2D eigenvalue weighted by Gasteiger charge is 2.42. The molecule has 49 heavy (non-hydrogen) atoms. The average Bonchev–Trinajstić information content (AvgIpc) is 3.54. The lowest BCUT2D eigenvalue weighted by molar-refractivity contribution is -0.153. The molecule has 3 aromatic carbocycles. The fourth-order valence-corrected chi connectivity index (χ4v) is 6.27. The van der Waals surface area contributed by atoms with E-state index in [9.17, 15) is 31.5 Å². The summed E-state index contributed by atoms with van der Waals surface area (Å²) < 4.78 is 72.9. The summed E-state index contributed by atoms with van der Waals surface area (Å²) in [6, 6.07) is 11.9. The second-order valence-electron chi connectivity index (χ2n) is 13.3. The van der Waals surface area contributed by atoms with Crippen LogP contribution in [-0.2, 0) is 31.2 Å². The van der Waals surface area contributed by atoms with Crippen molar-refractivity contribution in [2.75, 3.05) is 18.0 Å². The third kappa shape index (κ3) is 8.29. The molecule has 0 bridgehead atoms. The van der Waals surface area contributed by atoms with Crippen LogP contribution >= 0.6 is 23.2 Å². The van der Waals surface area contributed by atoms with Gasteiger partial charge in [-0.25, -0.2) is 13.8 Å². The minimum absolute atomic E-state index is 0.0741. The fraction of sp³-hybridized carbons (Fsp3) is 0.400. The van der Waals surface area contributed by atoms with E-state index in [2.05, 4.69) is 15.6 Å². The number of rotatable bonds is 9. The van der Waals surface area contributed by atoms with Gasteiger partial charge in [-0.15, -0.1) is 0 Å². The van der Waals surface area contributed by atoms with E-state index in [4.69, 9.17) is 23.2 Å². The van der Waals surface area contributed by atoms with Gasteiger partial charge in [-0.3, -0.25) is 9.59 Å². The summed E-state index contributed by atoms with van der Waals surface area (Å²) in [5.41, 5.74) is 1.52. The molecule has 1 aliphatic rings. The lowest BCUT2D eigenvalue weighted by atomic mass is 9.95. The number of benzene rings is 3. The molecule has 2 heterocycles. The number of aromatic nitrogens is 2. The molecule has 1 aliphatic heterocycles. The Balaban J connectivity index is 1.51. The van der Waals surface area contributed by atoms with Crippen molar-refractivity contribution < 1.29 is 31.5 Å². The first-order valence-electron chi connectivity index (χ1n) is 15.6. The van der Waals surface area contributed by atoms with Gasteiger partial charge in [0.05, 0.1) is 33.9 Å². The number of imidazole rings is 1. The molecule has 2 N–H and O–H groups in total. The molecule has 4 aromatic rings. The van der Waals surface area contributed by atoms with Gasteiger partial charge in [0.15, 0.2) is 0 Å². The van der Waals surface area contributed by atoms with E-state index in [0.717, 1.165) is 0 Å². The number of carbonyl (C=O) groups excluding carboxylic acids is 2. The number of hydrogen-bond donors (Lipinski definition) is 2. The summed E-state index contributed by atoms with van der Waals surface area (Å²) in [5.74, 6) is -3.81. The number of anilines is 1. The van der Waals surface area contributed by atoms with E-state index in [0.29, 0.717) is 38.1 Å². The number of hydrogen-bond acceptors (Lipinski definition) is 4. The first kappa shape index (κ1) is 36.4. The van der Waals surface area contributed by atoms with E-state index < -0.39 is 48.8 Å². The van der Waals surface area contributed by atoms with Crippen molar-refractivity contribution in [3.8, 4) is 0 Å². The Morgan fingerprint density at radius 3 is 2.35 bits per heavy atom. The molecular formula is C35H36Cl2F5N5O2. The van der Waals surface area contributed by atoms with Gasteiger partial charge in [0.25, 0.3) is 11.8 Å². The van der Waals surface area contributed by atoms with Gasteiger partial charge < -0.3 is 20.1 Å². The summed E-state index contributed by atoms with van der Waals surface area (Å²) in [7, 11) is 1.70. The van der Waals surface area contributed by atoms with Gasteiger partial charge in [0, 0.05) is 49.8 Å². The monoisotopic (exact) mass is 723 g/mol. The van der Waals surface area contributed by atoms with Crippen LogP contribution in [-0.4, -0.2) is 52.6 Å². The average molecular weight is 725 g/mol. The molecule has 0 radical (unpaired) electrons. The Morgan fingerprint density at radius 1 is 1.04 bits per heavy atom. The van der Waals surface area contributed by atoms with Gasteiger partial charge in [0.1, 0.15) is 11.9 Å². The first-order valence-corrected chi connectivity index (χ1v) is 16.4. The number of amides is 2. The third-order valence-electron chi connectivity index (χ3n) is 8.55. The van der Waals surface area contributed by atoms with Crippen LogP contribution in [0.4, 0.5) is 27.6 Å². The Labute approximate surface area is 290 Å². The molecule has 1 unspecified atom stereocenters. The topological polar surface area (TPSA) is 79.3 Å². The smallest absolute Gasteiger partial charge is 0.365 e. The number of fused-ring (bicyclic) bond motifs is 1. The second-order valence-corrected chi connectivity index (χ2v) is 14.1. The highest BCUT2D eigenvalue weighted by molar-refractivity contribution is 6.36. The second kappa shape index (κ2) is 13.8. The standard InChI is InChI=1S/C35H36Cl2F5N5O2/c1-33(2,3)32(49)43-18-21-10-11-24(36)22(30(21)37)16-29-44-25-15-23(26(17-27(25)46(29)4)47-13-12-34(38,39)19-47)31(48)45-28(35(40,41)42)14-20-8-6-5-7-9-20/h5-11,15,17,28H,12-14,16,18-19H2,1-4H3,(H,43,49)(H,45,48). The van der Waals surface area contributed by atoms with Crippen LogP contribution in [0.15, 0.2) is 54.6 Å². The van der Waals surface area contributed by atoms with E-state index in [1.807, 2.05) is 0 Å². The maximum Gasteiger partial charge on any atom is 0.408 e. The van der Waals surface area contributed by atoms with Crippen molar-refractivity contribution in [3.63, 3.8) is 0 Å². The van der Waals surface area contributed by atoms with E-state index >= 15 is 0 Å². The van der Waals surface area contributed by atoms with E-state index in [1.54, 1.807) is 62.7 Å². The summed E-state index contributed by atoms with van der Waals surface area (Å²) >= 11 is 13.3. The Bertz CT molecular complexity index is 1870. The van der Waals surface area contributed by atoms with Crippen LogP contribution in [0.5, 0.6) is 0 Å². The minimum atomic E-state index is -4.78. The van der Waals surface area contributed by atoms with Crippen LogP contribution in [0.3, 0.4) is 0 Å². The van der Waals surface area contributed by atoms with Crippen molar-refractivity contribution in [1.29, 1.82) is 0 Å². The summed E-state index contributed by atoms with van der Waals surface area (Å²) in [6.07, 6.45) is -5.64. The molecule has 1 aromatic heterocycles. The van der Waals surface area contributed by atoms with E-state index in [1.165, 1.54) is 29.2 Å². The predicted octanol–water partition coefficient (Wildman–Crippen LogP) is 7.88. The third-order valence-corrected chi connectivity index (χ3v) is 9.38. The molecule has 1 atom stereocenters. The number of nitrogens with one attached hydrogen (secondary N) is 2. The molecule has 7 nitrogen and oxygen atoms in total. The highest BCUT2D eigenvalue weighted by Crippen LogP contribution is 2.37. The largest absolute Gasteiger partial charge is 0.408 e. The molecular weight excluding hydrogens is 688 g/mol. The predicted molar refractivity (Wildman–Crippen MR) is 181 cm³/mol. The maximum atomic E-state index is 14.4. The van der Waals surface area contributed by atoms with Gasteiger partial charge in [0.2, 0.25) is 5.91 Å². The zero-order chi connectivity index (χ0) is 35.9. The summed E-state index contributed by atoms with van der Waals surface area (Å²) in [5, 5.41) is 5.64. The zero-order valence-corrected chi connectivity index (χ0v) is 28.8. The quantitative estimate of drug-likeness (QED) is 0.172. The lowest BCUT2D eigenvalue weighted by Gasteiger charge is -2.25. The van der Waals surface area contributed by atoms with Gasteiger partial charge >= 0.3 is 6.18 Å². The normalized spacial score (nSPS) is 15.4. The number of alkyl halides is 5. The van der Waals surface area contributed by atoms with Crippen molar-refractivity contribution in [1.82, 2.24) is 20.2 Å². The molecule has 262 valence electrons. The Kier molecular flexibility index (Phi) is 10.2. The zero-order valence-electron chi connectivity index (χ0n) is 27.3. The van der Waals surface area contributed by atoms with Crippen molar-refractivity contribution >= 4 is 51.7 Å². The first-order chi connectivity index (χ1) is 22.8. The van der Waals surface area contributed by atoms with Gasteiger partial charge in [-0.2, -0.15) is 13.2 Å². The molecule has 5 rings (SSSR count). The fourth-order valence-electron chi connectivity index (χ4n) is 5.70. The van der Waals surface area contributed by atoms with Gasteiger partial charge in [-0.1, -0.05) is 80.4 Å². The molecule has 1 fully saturated rings. The van der Waals surface area contributed by atoms with Crippen LogP contribution in [0.1, 0.15) is 60.1 Å². The van der Waals surface area contributed by atoms with E-state index in [-0.39, 0.29) is 42.2 Å². The van der Waals surface area contributed by atoms with Crippen LogP contribution in [0.2, 0.25) is 10.0 Å². The molecule has 0 saturated carbocycles. The maximum absolute atomic E-state index is 14.4. The van der Waals surface area contributed by atoms with Crippen molar-refractivity contribution in [2.24, 2.45) is 12.5 Å². The molecule has 14 heteroatoms. The minimum Gasteiger partial charge on any atom is -0.365 e. The number of nitrogens with zero attached hydrogens (tertiary/aromatic N) is 3. The van der Waals surface area contributed by atoms with Crippen molar-refractivity contribution in [2.45, 2.75) is 64.7 Å². The number of carbonyl (C=O) groups is 2. The van der Waals surface area contributed by atoms with Crippen LogP contribution < -0.4 is 15.5 Å². The number of aryl methyl sites for hydroxylation is 1. The lowest BCUT2D eigenvalue weighted by Crippen LogP contribution is -2.47. The van der Waals surface area contributed by atoms with Crippen molar-refractivity contribution in [3.05, 3.63) is 92.7 Å². The molecule has 1 saturated heterocycles. The molecule has 0 aliphatic carbocycles. The number of halogens is 7. The molecule has 0 spiro atoms. The summed E-state index contributed by atoms with van der Waals surface area (Å²) in [6.45, 7) is 4.74. The SMILES string of the molecule is Cn1c(Cc2c(Cl)ccc(CNC(=O)C(C)(C)C)c2Cl)nc2cc(C(=O)NC(Cc3ccccc3)C(F)(F)F)c(N3CCC(F)(F)C3)cc21. The highest BCUT2D eigenvalue weighted by atomic mass is 35.5. The molecule has 2 amide bonds. The van der Waals surface area contributed by atoms with Crippen LogP contribution in [0, 0.1) is 5.41 Å². The Morgan fingerprint density at radius 2 is 1.73 bits per heavy atom. The Hall–Kier alpha value is -3.90. The van der Waals surface area contributed by atoms with Gasteiger partial charge in [-0.05, 0) is 34.9 Å². The summed E-state index contributed by atoms with van der Waals surface area (Å²) in [4.78, 5) is 32.0. The van der Waals surface area contributed by atoms with Crippen LogP contribution in [0.25, 0.3) is 11.0 Å².